The lowest BCUT2D eigenvalue weighted by atomic mass is 9.43. The maximum absolute atomic E-state index is 12.7. The summed E-state index contributed by atoms with van der Waals surface area (Å²) in [5.74, 6) is 2.40. The predicted octanol–water partition coefficient (Wildman–Crippen LogP) is 4.74. The van der Waals surface area contributed by atoms with Gasteiger partial charge >= 0.3 is 0 Å². The van der Waals surface area contributed by atoms with Crippen molar-refractivity contribution in [1.82, 2.24) is 0 Å². The number of unbranched alkanes of at least 4 members (excludes halogenated alkanes) is 2. The Bertz CT molecular complexity index is 330. The van der Waals surface area contributed by atoms with Crippen LogP contribution >= 0.6 is 0 Å². The molecular formula is C17H28O. The minimum absolute atomic E-state index is 0.132. The summed E-state index contributed by atoms with van der Waals surface area (Å²) in [4.78, 5) is 12.7. The first kappa shape index (κ1) is 12.7. The Morgan fingerprint density at radius 3 is 2.33 bits per heavy atom. The number of carbonyl (C=O) groups excluding carboxylic acids is 1. The summed E-state index contributed by atoms with van der Waals surface area (Å²) in [6, 6.07) is 0. The lowest BCUT2D eigenvalue weighted by Gasteiger charge is -2.60. The van der Waals surface area contributed by atoms with Crippen LogP contribution in [0.15, 0.2) is 0 Å². The van der Waals surface area contributed by atoms with Gasteiger partial charge in [0.25, 0.3) is 0 Å². The molecule has 4 rings (SSSR count). The smallest absolute Gasteiger partial charge is 0.139 e. The molecule has 102 valence electrons. The zero-order valence-corrected chi connectivity index (χ0v) is 12.1. The molecule has 0 aromatic rings. The van der Waals surface area contributed by atoms with Crippen molar-refractivity contribution in [1.29, 1.82) is 0 Å². The lowest BCUT2D eigenvalue weighted by molar-refractivity contribution is -0.153. The molecule has 4 aliphatic rings. The molecule has 1 heteroatoms. The molecule has 0 saturated heterocycles. The molecule has 0 aromatic heterocycles. The monoisotopic (exact) mass is 248 g/mol. The van der Waals surface area contributed by atoms with Crippen molar-refractivity contribution in [2.45, 2.75) is 78.1 Å². The molecule has 2 unspecified atom stereocenters. The lowest BCUT2D eigenvalue weighted by Crippen LogP contribution is -2.53. The highest BCUT2D eigenvalue weighted by Gasteiger charge is 2.58. The van der Waals surface area contributed by atoms with Gasteiger partial charge in [0, 0.05) is 11.8 Å². The highest BCUT2D eigenvalue weighted by Crippen LogP contribution is 2.65. The fourth-order valence-corrected chi connectivity index (χ4v) is 5.85. The molecule has 0 spiro atoms. The van der Waals surface area contributed by atoms with Gasteiger partial charge in [0.15, 0.2) is 0 Å². The van der Waals surface area contributed by atoms with Crippen molar-refractivity contribution in [2.75, 3.05) is 0 Å². The van der Waals surface area contributed by atoms with Gasteiger partial charge in [0.05, 0.1) is 0 Å². The molecule has 0 amide bonds. The molecule has 0 N–H and O–H groups in total. The van der Waals surface area contributed by atoms with Crippen molar-refractivity contribution in [3.63, 3.8) is 0 Å². The van der Waals surface area contributed by atoms with Crippen LogP contribution in [0.1, 0.15) is 78.1 Å². The average molecular weight is 248 g/mol. The summed E-state index contributed by atoms with van der Waals surface area (Å²) in [7, 11) is 0. The zero-order valence-electron chi connectivity index (χ0n) is 12.1. The molecule has 4 aliphatic carbocycles. The minimum Gasteiger partial charge on any atom is -0.299 e. The number of Topliss-reactive ketones (excluding diaryl/α,β-unsaturated/α-hetero) is 1. The summed E-state index contributed by atoms with van der Waals surface area (Å²) < 4.78 is 0. The Kier molecular flexibility index (Phi) is 3.07. The molecule has 4 saturated carbocycles. The Labute approximate surface area is 112 Å². The van der Waals surface area contributed by atoms with Gasteiger partial charge < -0.3 is 0 Å². The predicted molar refractivity (Wildman–Crippen MR) is 74.4 cm³/mol. The van der Waals surface area contributed by atoms with Gasteiger partial charge in [-0.25, -0.2) is 0 Å². The molecule has 2 atom stereocenters. The third kappa shape index (κ3) is 2.04. The summed E-state index contributed by atoms with van der Waals surface area (Å²) in [5.41, 5.74) is 0.650. The van der Waals surface area contributed by atoms with Crippen LogP contribution in [-0.2, 0) is 4.79 Å². The van der Waals surface area contributed by atoms with E-state index in [1.807, 2.05) is 0 Å². The van der Waals surface area contributed by atoms with Crippen LogP contribution in [0.3, 0.4) is 0 Å². The van der Waals surface area contributed by atoms with Crippen LogP contribution in [0, 0.1) is 22.7 Å². The first-order valence-electron chi connectivity index (χ1n) is 8.09. The van der Waals surface area contributed by atoms with E-state index in [0.29, 0.717) is 11.2 Å². The number of carbonyl (C=O) groups is 1. The van der Waals surface area contributed by atoms with E-state index in [1.54, 1.807) is 0 Å². The number of hydrogen-bond donors (Lipinski definition) is 0. The average Bonchev–Trinajstić information content (AvgIpc) is 2.25. The van der Waals surface area contributed by atoms with E-state index in [-0.39, 0.29) is 5.41 Å². The van der Waals surface area contributed by atoms with Crippen molar-refractivity contribution >= 4 is 5.78 Å². The second kappa shape index (κ2) is 4.35. The molecule has 4 bridgehead atoms. The first-order valence-corrected chi connectivity index (χ1v) is 8.09. The minimum atomic E-state index is 0.132. The highest BCUT2D eigenvalue weighted by atomic mass is 16.1. The number of hydrogen-bond acceptors (Lipinski definition) is 1. The standard InChI is InChI=1S/C17H28O/c1-3-4-5-6-15(18)17-10-13-7-14(11-17)9-16(2,8-13)12-17/h13-14H,3-12H2,1-2H3. The highest BCUT2D eigenvalue weighted by molar-refractivity contribution is 5.85. The maximum Gasteiger partial charge on any atom is 0.139 e. The van der Waals surface area contributed by atoms with E-state index in [2.05, 4.69) is 13.8 Å². The van der Waals surface area contributed by atoms with E-state index in [4.69, 9.17) is 0 Å². The van der Waals surface area contributed by atoms with Gasteiger partial charge in [0.1, 0.15) is 5.78 Å². The SMILES string of the molecule is CCCCCC(=O)C12CC3CC(CC(C)(C3)C1)C2. The van der Waals surface area contributed by atoms with Crippen molar-refractivity contribution in [3.05, 3.63) is 0 Å². The summed E-state index contributed by atoms with van der Waals surface area (Å²) in [6.45, 7) is 4.68. The van der Waals surface area contributed by atoms with Crippen molar-refractivity contribution in [3.8, 4) is 0 Å². The van der Waals surface area contributed by atoms with Crippen LogP contribution in [0.25, 0.3) is 0 Å². The van der Waals surface area contributed by atoms with E-state index in [9.17, 15) is 4.79 Å². The molecular weight excluding hydrogens is 220 g/mol. The second-order valence-corrected chi connectivity index (χ2v) is 7.93. The molecule has 4 fully saturated rings. The topological polar surface area (TPSA) is 17.1 Å². The Hall–Kier alpha value is -0.330. The van der Waals surface area contributed by atoms with Crippen molar-refractivity contribution < 1.29 is 4.79 Å². The van der Waals surface area contributed by atoms with Gasteiger partial charge in [-0.3, -0.25) is 4.79 Å². The van der Waals surface area contributed by atoms with E-state index in [1.165, 1.54) is 51.4 Å². The zero-order chi connectivity index (χ0) is 12.8. The van der Waals surface area contributed by atoms with Crippen LogP contribution in [-0.4, -0.2) is 5.78 Å². The third-order valence-corrected chi connectivity index (χ3v) is 5.95. The Morgan fingerprint density at radius 2 is 1.78 bits per heavy atom. The number of rotatable bonds is 5. The first-order chi connectivity index (χ1) is 8.55. The van der Waals surface area contributed by atoms with E-state index >= 15 is 0 Å². The fourth-order valence-electron chi connectivity index (χ4n) is 5.85. The largest absolute Gasteiger partial charge is 0.299 e. The Morgan fingerprint density at radius 1 is 1.11 bits per heavy atom. The maximum atomic E-state index is 12.7. The van der Waals surface area contributed by atoms with Gasteiger partial charge in [-0.05, 0) is 62.2 Å². The van der Waals surface area contributed by atoms with Gasteiger partial charge in [-0.15, -0.1) is 0 Å². The van der Waals surface area contributed by atoms with E-state index in [0.717, 1.165) is 24.7 Å². The number of ketones is 1. The van der Waals surface area contributed by atoms with Crippen LogP contribution in [0.4, 0.5) is 0 Å². The molecule has 18 heavy (non-hydrogen) atoms. The van der Waals surface area contributed by atoms with Gasteiger partial charge in [0.2, 0.25) is 0 Å². The Balaban J connectivity index is 1.72. The molecule has 1 nitrogen and oxygen atoms in total. The van der Waals surface area contributed by atoms with Gasteiger partial charge in [-0.1, -0.05) is 26.7 Å². The normalized spacial score (nSPS) is 45.4. The van der Waals surface area contributed by atoms with Crippen LogP contribution in [0.2, 0.25) is 0 Å². The van der Waals surface area contributed by atoms with Crippen molar-refractivity contribution in [2.24, 2.45) is 22.7 Å². The molecule has 0 heterocycles. The van der Waals surface area contributed by atoms with Gasteiger partial charge in [-0.2, -0.15) is 0 Å². The van der Waals surface area contributed by atoms with Crippen LogP contribution < -0.4 is 0 Å². The fraction of sp³-hybridized carbons (Fsp3) is 0.941. The summed E-state index contributed by atoms with van der Waals surface area (Å²) in [5, 5.41) is 0. The van der Waals surface area contributed by atoms with Crippen LogP contribution in [0.5, 0.6) is 0 Å². The second-order valence-electron chi connectivity index (χ2n) is 7.93. The molecule has 0 aliphatic heterocycles. The molecule has 0 radical (unpaired) electrons. The summed E-state index contributed by atoms with van der Waals surface area (Å²) >= 11 is 0. The molecule has 0 aromatic carbocycles. The quantitative estimate of drug-likeness (QED) is 0.642. The third-order valence-electron chi connectivity index (χ3n) is 5.95. The summed E-state index contributed by atoms with van der Waals surface area (Å²) in [6.07, 6.45) is 12.4. The van der Waals surface area contributed by atoms with E-state index < -0.39 is 0 Å².